The Balaban J connectivity index is 1.35. The summed E-state index contributed by atoms with van der Waals surface area (Å²) in [5.41, 5.74) is 5.33. The van der Waals surface area contributed by atoms with E-state index in [1.54, 1.807) is 48.5 Å². The molecule has 0 aliphatic carbocycles. The predicted octanol–water partition coefficient (Wildman–Crippen LogP) is 5.49. The first-order chi connectivity index (χ1) is 15.0. The van der Waals surface area contributed by atoms with Gasteiger partial charge in [0.15, 0.2) is 5.76 Å². The van der Waals surface area contributed by atoms with Gasteiger partial charge in [0, 0.05) is 9.86 Å². The SMILES string of the molecule is Cc1ccc(C(=O)Oc2ccc(/C=N/NC(=O)c3cc4cc(Br)ccc4o3)cc2)cc1. The van der Waals surface area contributed by atoms with Crippen LogP contribution in [0.4, 0.5) is 0 Å². The highest BCUT2D eigenvalue weighted by Crippen LogP contribution is 2.23. The van der Waals surface area contributed by atoms with E-state index in [1.165, 1.54) is 6.21 Å². The van der Waals surface area contributed by atoms with Crippen LogP contribution in [-0.2, 0) is 0 Å². The lowest BCUT2D eigenvalue weighted by molar-refractivity contribution is 0.0734. The molecular formula is C24H17BrN2O4. The molecule has 0 fully saturated rings. The second kappa shape index (κ2) is 8.97. The van der Waals surface area contributed by atoms with Crippen molar-refractivity contribution in [1.29, 1.82) is 0 Å². The highest BCUT2D eigenvalue weighted by molar-refractivity contribution is 9.10. The number of aryl methyl sites for hydroxylation is 1. The minimum atomic E-state index is -0.452. The minimum Gasteiger partial charge on any atom is -0.451 e. The number of hydrogen-bond acceptors (Lipinski definition) is 5. The first-order valence-corrected chi connectivity index (χ1v) is 10.2. The molecular weight excluding hydrogens is 460 g/mol. The number of esters is 1. The van der Waals surface area contributed by atoms with Crippen molar-refractivity contribution in [3.8, 4) is 5.75 Å². The van der Waals surface area contributed by atoms with Crippen LogP contribution in [-0.4, -0.2) is 18.1 Å². The highest BCUT2D eigenvalue weighted by atomic mass is 79.9. The second-order valence-electron chi connectivity index (χ2n) is 6.82. The van der Waals surface area contributed by atoms with Gasteiger partial charge in [-0.3, -0.25) is 4.79 Å². The molecule has 4 rings (SSSR count). The van der Waals surface area contributed by atoms with Crippen LogP contribution in [0.5, 0.6) is 5.75 Å². The molecule has 6 nitrogen and oxygen atoms in total. The quantitative estimate of drug-likeness (QED) is 0.179. The molecule has 1 heterocycles. The van der Waals surface area contributed by atoms with E-state index in [-0.39, 0.29) is 5.76 Å². The average molecular weight is 477 g/mol. The summed E-state index contributed by atoms with van der Waals surface area (Å²) >= 11 is 3.39. The monoisotopic (exact) mass is 476 g/mol. The van der Waals surface area contributed by atoms with Crippen molar-refractivity contribution >= 4 is 45.0 Å². The van der Waals surface area contributed by atoms with Crippen molar-refractivity contribution in [3.63, 3.8) is 0 Å². The van der Waals surface area contributed by atoms with Gasteiger partial charge in [-0.1, -0.05) is 33.6 Å². The average Bonchev–Trinajstić information content (AvgIpc) is 3.18. The number of carbonyl (C=O) groups is 2. The fourth-order valence-corrected chi connectivity index (χ4v) is 3.20. The zero-order valence-electron chi connectivity index (χ0n) is 16.5. The molecule has 31 heavy (non-hydrogen) atoms. The molecule has 0 saturated heterocycles. The summed E-state index contributed by atoms with van der Waals surface area (Å²) in [7, 11) is 0. The lowest BCUT2D eigenvalue weighted by atomic mass is 10.1. The minimum absolute atomic E-state index is 0.170. The zero-order chi connectivity index (χ0) is 21.8. The summed E-state index contributed by atoms with van der Waals surface area (Å²) in [5.74, 6) is -0.289. The predicted molar refractivity (Wildman–Crippen MR) is 122 cm³/mol. The van der Waals surface area contributed by atoms with Gasteiger partial charge in [-0.2, -0.15) is 5.10 Å². The van der Waals surface area contributed by atoms with Crippen molar-refractivity contribution < 1.29 is 18.7 Å². The Morgan fingerprint density at radius 2 is 1.74 bits per heavy atom. The number of hydrazone groups is 1. The normalized spacial score (nSPS) is 11.0. The maximum absolute atomic E-state index is 12.2. The number of fused-ring (bicyclic) bond motifs is 1. The Labute approximate surface area is 186 Å². The van der Waals surface area contributed by atoms with E-state index in [9.17, 15) is 9.59 Å². The van der Waals surface area contributed by atoms with Crippen LogP contribution in [0.3, 0.4) is 0 Å². The van der Waals surface area contributed by atoms with Crippen molar-refractivity contribution in [2.45, 2.75) is 6.92 Å². The summed E-state index contributed by atoms with van der Waals surface area (Å²) in [4.78, 5) is 24.4. The third-order valence-electron chi connectivity index (χ3n) is 4.46. The van der Waals surface area contributed by atoms with E-state index < -0.39 is 11.9 Å². The Morgan fingerprint density at radius 1 is 1.00 bits per heavy atom. The third-order valence-corrected chi connectivity index (χ3v) is 4.95. The zero-order valence-corrected chi connectivity index (χ0v) is 18.0. The molecule has 0 aliphatic heterocycles. The van der Waals surface area contributed by atoms with Crippen LogP contribution in [0.2, 0.25) is 0 Å². The molecule has 1 aromatic heterocycles. The van der Waals surface area contributed by atoms with Crippen molar-refractivity contribution in [2.75, 3.05) is 0 Å². The molecule has 0 spiro atoms. The lowest BCUT2D eigenvalue weighted by Gasteiger charge is -2.05. The number of nitrogens with one attached hydrogen (secondary N) is 1. The van der Waals surface area contributed by atoms with Gasteiger partial charge < -0.3 is 9.15 Å². The first-order valence-electron chi connectivity index (χ1n) is 9.39. The summed E-state index contributed by atoms with van der Waals surface area (Å²) in [6, 6.07) is 21.1. The van der Waals surface area contributed by atoms with Gasteiger partial charge in [0.2, 0.25) is 0 Å². The highest BCUT2D eigenvalue weighted by Gasteiger charge is 2.12. The number of furan rings is 1. The Morgan fingerprint density at radius 3 is 2.48 bits per heavy atom. The standard InChI is InChI=1S/C24H17BrN2O4/c1-15-2-6-17(7-3-15)24(29)30-20-9-4-16(5-10-20)14-26-27-23(28)22-13-18-12-19(25)8-11-21(18)31-22/h2-14H,1H3,(H,27,28)/b26-14+. The van der Waals surface area contributed by atoms with Gasteiger partial charge in [0.05, 0.1) is 11.8 Å². The molecule has 1 N–H and O–H groups in total. The summed E-state index contributed by atoms with van der Waals surface area (Å²) in [6.45, 7) is 1.95. The number of rotatable bonds is 5. The lowest BCUT2D eigenvalue weighted by Crippen LogP contribution is -2.16. The van der Waals surface area contributed by atoms with Gasteiger partial charge in [-0.05, 0) is 73.2 Å². The molecule has 7 heteroatoms. The summed E-state index contributed by atoms with van der Waals surface area (Å²) in [6.07, 6.45) is 1.49. The maximum atomic E-state index is 12.2. The Bertz CT molecular complexity index is 1280. The smallest absolute Gasteiger partial charge is 0.343 e. The van der Waals surface area contributed by atoms with E-state index >= 15 is 0 Å². The van der Waals surface area contributed by atoms with Crippen LogP contribution < -0.4 is 10.2 Å². The number of amides is 1. The molecule has 0 unspecified atom stereocenters. The molecule has 1 amide bonds. The van der Waals surface area contributed by atoms with E-state index in [2.05, 4.69) is 26.5 Å². The molecule has 154 valence electrons. The Hall–Kier alpha value is -3.71. The number of hydrogen-bond donors (Lipinski definition) is 1. The van der Waals surface area contributed by atoms with Crippen molar-refractivity contribution in [2.24, 2.45) is 5.10 Å². The molecule has 0 radical (unpaired) electrons. The van der Waals surface area contributed by atoms with E-state index in [4.69, 9.17) is 9.15 Å². The van der Waals surface area contributed by atoms with Crippen LogP contribution in [0.15, 0.2) is 86.8 Å². The number of halogens is 1. The fraction of sp³-hybridized carbons (Fsp3) is 0.0417. The van der Waals surface area contributed by atoms with Gasteiger partial charge in [0.25, 0.3) is 0 Å². The summed E-state index contributed by atoms with van der Waals surface area (Å²) < 4.78 is 11.8. The van der Waals surface area contributed by atoms with Crippen LogP contribution >= 0.6 is 15.9 Å². The van der Waals surface area contributed by atoms with Crippen LogP contribution in [0, 0.1) is 6.92 Å². The van der Waals surface area contributed by atoms with Crippen LogP contribution in [0.25, 0.3) is 11.0 Å². The van der Waals surface area contributed by atoms with E-state index in [0.29, 0.717) is 16.9 Å². The molecule has 4 aromatic rings. The number of benzene rings is 3. The molecule has 0 bridgehead atoms. The van der Waals surface area contributed by atoms with Crippen LogP contribution in [0.1, 0.15) is 32.0 Å². The van der Waals surface area contributed by atoms with Crippen molar-refractivity contribution in [1.82, 2.24) is 5.43 Å². The number of carbonyl (C=O) groups excluding carboxylic acids is 2. The second-order valence-corrected chi connectivity index (χ2v) is 7.73. The van der Waals surface area contributed by atoms with Gasteiger partial charge in [-0.25, -0.2) is 10.2 Å². The topological polar surface area (TPSA) is 80.9 Å². The van der Waals surface area contributed by atoms with E-state index in [0.717, 1.165) is 21.0 Å². The maximum Gasteiger partial charge on any atom is 0.343 e. The van der Waals surface area contributed by atoms with Gasteiger partial charge >= 0.3 is 11.9 Å². The molecule has 0 atom stereocenters. The van der Waals surface area contributed by atoms with Gasteiger partial charge in [-0.15, -0.1) is 0 Å². The largest absolute Gasteiger partial charge is 0.451 e. The number of ether oxygens (including phenoxy) is 1. The first kappa shape index (κ1) is 20.6. The van der Waals surface area contributed by atoms with E-state index in [1.807, 2.05) is 31.2 Å². The Kier molecular flexibility index (Phi) is 5.95. The molecule has 0 aliphatic rings. The van der Waals surface area contributed by atoms with Gasteiger partial charge in [0.1, 0.15) is 11.3 Å². The molecule has 0 saturated carbocycles. The number of nitrogens with zero attached hydrogens (tertiary/aromatic N) is 1. The molecule has 3 aromatic carbocycles. The fourth-order valence-electron chi connectivity index (χ4n) is 2.82. The third kappa shape index (κ3) is 5.07. The van der Waals surface area contributed by atoms with Crippen molar-refractivity contribution in [3.05, 3.63) is 99.7 Å². The summed E-state index contributed by atoms with van der Waals surface area (Å²) in [5, 5.41) is 4.77.